The zero-order valence-corrected chi connectivity index (χ0v) is 11.3. The Morgan fingerprint density at radius 1 is 1.18 bits per heavy atom. The van der Waals surface area contributed by atoms with Gasteiger partial charge in [0.25, 0.3) is 0 Å². The van der Waals surface area contributed by atoms with Gasteiger partial charge >= 0.3 is 0 Å². The van der Waals surface area contributed by atoms with Crippen molar-refractivity contribution in [2.45, 2.75) is 45.1 Å². The molecule has 0 radical (unpaired) electrons. The summed E-state index contributed by atoms with van der Waals surface area (Å²) in [5.74, 6) is 0.934. The van der Waals surface area contributed by atoms with Crippen molar-refractivity contribution in [1.82, 2.24) is 10.2 Å². The summed E-state index contributed by atoms with van der Waals surface area (Å²) in [5.41, 5.74) is 0. The predicted octanol–water partition coefficient (Wildman–Crippen LogP) is 1.88. The molecule has 0 bridgehead atoms. The van der Waals surface area contributed by atoms with Crippen LogP contribution in [0.25, 0.3) is 0 Å². The highest BCUT2D eigenvalue weighted by Crippen LogP contribution is 2.28. The van der Waals surface area contributed by atoms with Crippen LogP contribution < -0.4 is 5.32 Å². The third-order valence-corrected chi connectivity index (χ3v) is 3.95. The Labute approximate surface area is 106 Å². The minimum Gasteiger partial charge on any atom is -0.382 e. The highest BCUT2D eigenvalue weighted by atomic mass is 16.5. The maximum atomic E-state index is 5.44. The molecule has 0 aromatic carbocycles. The van der Waals surface area contributed by atoms with E-state index < -0.39 is 0 Å². The number of rotatable bonds is 8. The Bertz CT molecular complexity index is 200. The summed E-state index contributed by atoms with van der Waals surface area (Å²) in [6.45, 7) is 8.90. The van der Waals surface area contributed by atoms with Gasteiger partial charge in [-0.1, -0.05) is 0 Å². The number of ether oxygens (including phenoxy) is 1. The average molecular weight is 240 g/mol. The molecule has 0 aromatic rings. The summed E-state index contributed by atoms with van der Waals surface area (Å²) < 4.78 is 5.44. The molecular weight excluding hydrogens is 212 g/mol. The SMILES string of the molecule is CCOCCCN(CC1CCNCC1)C1CC1. The standard InChI is InChI=1S/C14H28N2O/c1-2-17-11-3-10-16(14-4-5-14)12-13-6-8-15-9-7-13/h13-15H,2-12H2,1H3. The fraction of sp³-hybridized carbons (Fsp3) is 1.00. The van der Waals surface area contributed by atoms with E-state index in [1.165, 1.54) is 58.3 Å². The van der Waals surface area contributed by atoms with Crippen LogP contribution in [-0.2, 0) is 4.74 Å². The minimum atomic E-state index is 0.859. The zero-order chi connectivity index (χ0) is 11.9. The minimum absolute atomic E-state index is 0.859. The summed E-state index contributed by atoms with van der Waals surface area (Å²) >= 11 is 0. The summed E-state index contributed by atoms with van der Waals surface area (Å²) in [7, 11) is 0. The van der Waals surface area contributed by atoms with Crippen LogP contribution in [0.5, 0.6) is 0 Å². The van der Waals surface area contributed by atoms with Gasteiger partial charge in [-0.15, -0.1) is 0 Å². The third-order valence-electron chi connectivity index (χ3n) is 3.95. The van der Waals surface area contributed by atoms with Crippen LogP contribution >= 0.6 is 0 Å². The Hall–Kier alpha value is -0.120. The van der Waals surface area contributed by atoms with Gasteiger partial charge in [-0.2, -0.15) is 0 Å². The van der Waals surface area contributed by atoms with Crippen LogP contribution in [0.3, 0.4) is 0 Å². The van der Waals surface area contributed by atoms with E-state index in [0.717, 1.165) is 25.2 Å². The first-order valence-corrected chi connectivity index (χ1v) is 7.42. The van der Waals surface area contributed by atoms with Gasteiger partial charge in [0, 0.05) is 32.3 Å². The molecular formula is C14H28N2O. The lowest BCUT2D eigenvalue weighted by Gasteiger charge is -2.30. The second kappa shape index (κ2) is 7.34. The van der Waals surface area contributed by atoms with Gasteiger partial charge in [0.15, 0.2) is 0 Å². The molecule has 1 saturated carbocycles. The van der Waals surface area contributed by atoms with E-state index in [9.17, 15) is 0 Å². The van der Waals surface area contributed by atoms with Crippen LogP contribution in [0, 0.1) is 5.92 Å². The molecule has 0 aromatic heterocycles. The van der Waals surface area contributed by atoms with Crippen molar-refractivity contribution in [3.8, 4) is 0 Å². The maximum absolute atomic E-state index is 5.44. The molecule has 3 nitrogen and oxygen atoms in total. The Kier molecular flexibility index (Phi) is 5.75. The predicted molar refractivity (Wildman–Crippen MR) is 71.3 cm³/mol. The summed E-state index contributed by atoms with van der Waals surface area (Å²) in [4.78, 5) is 2.73. The molecule has 3 heteroatoms. The monoisotopic (exact) mass is 240 g/mol. The summed E-state index contributed by atoms with van der Waals surface area (Å²) in [5, 5.41) is 3.45. The van der Waals surface area contributed by atoms with Crippen molar-refractivity contribution in [2.24, 2.45) is 5.92 Å². The van der Waals surface area contributed by atoms with E-state index in [-0.39, 0.29) is 0 Å². The van der Waals surface area contributed by atoms with E-state index in [2.05, 4.69) is 17.1 Å². The first-order chi connectivity index (χ1) is 8.40. The molecule has 0 spiro atoms. The lowest BCUT2D eigenvalue weighted by Crippen LogP contribution is -2.38. The van der Waals surface area contributed by atoms with Gasteiger partial charge in [0.2, 0.25) is 0 Å². The number of nitrogens with one attached hydrogen (secondary N) is 1. The van der Waals surface area contributed by atoms with Crippen LogP contribution in [0.4, 0.5) is 0 Å². The molecule has 1 aliphatic heterocycles. The normalized spacial score (nSPS) is 22.2. The fourth-order valence-corrected chi connectivity index (χ4v) is 2.77. The van der Waals surface area contributed by atoms with Gasteiger partial charge < -0.3 is 15.0 Å². The molecule has 1 N–H and O–H groups in total. The fourth-order valence-electron chi connectivity index (χ4n) is 2.77. The van der Waals surface area contributed by atoms with Gasteiger partial charge in [-0.25, -0.2) is 0 Å². The van der Waals surface area contributed by atoms with Crippen molar-refractivity contribution in [3.05, 3.63) is 0 Å². The molecule has 1 aliphatic carbocycles. The smallest absolute Gasteiger partial charge is 0.0478 e. The quantitative estimate of drug-likeness (QED) is 0.656. The Morgan fingerprint density at radius 2 is 1.94 bits per heavy atom. The van der Waals surface area contributed by atoms with Crippen LogP contribution in [0.15, 0.2) is 0 Å². The van der Waals surface area contributed by atoms with Crippen molar-refractivity contribution in [3.63, 3.8) is 0 Å². The number of hydrogen-bond acceptors (Lipinski definition) is 3. The number of piperidine rings is 1. The highest BCUT2D eigenvalue weighted by Gasteiger charge is 2.30. The van der Waals surface area contributed by atoms with E-state index >= 15 is 0 Å². The average Bonchev–Trinajstić information content (AvgIpc) is 3.19. The molecule has 1 saturated heterocycles. The van der Waals surface area contributed by atoms with Gasteiger partial charge in [0.05, 0.1) is 0 Å². The summed E-state index contributed by atoms with van der Waals surface area (Å²) in [6.07, 6.45) is 6.80. The van der Waals surface area contributed by atoms with E-state index in [4.69, 9.17) is 4.74 Å². The van der Waals surface area contributed by atoms with Crippen molar-refractivity contribution in [2.75, 3.05) is 39.4 Å². The largest absolute Gasteiger partial charge is 0.382 e. The van der Waals surface area contributed by atoms with Crippen LogP contribution in [-0.4, -0.2) is 50.3 Å². The molecule has 100 valence electrons. The van der Waals surface area contributed by atoms with E-state index in [0.29, 0.717) is 0 Å². The highest BCUT2D eigenvalue weighted by molar-refractivity contribution is 4.86. The van der Waals surface area contributed by atoms with Gasteiger partial charge in [0.1, 0.15) is 0 Å². The molecule has 1 heterocycles. The molecule has 17 heavy (non-hydrogen) atoms. The first kappa shape index (κ1) is 13.3. The topological polar surface area (TPSA) is 24.5 Å². The number of nitrogens with zero attached hydrogens (tertiary/aromatic N) is 1. The second-order valence-electron chi connectivity index (χ2n) is 5.47. The van der Waals surface area contributed by atoms with E-state index in [1.54, 1.807) is 0 Å². The van der Waals surface area contributed by atoms with Gasteiger partial charge in [-0.3, -0.25) is 0 Å². The van der Waals surface area contributed by atoms with Crippen molar-refractivity contribution < 1.29 is 4.74 Å². The molecule has 0 atom stereocenters. The van der Waals surface area contributed by atoms with Crippen molar-refractivity contribution >= 4 is 0 Å². The molecule has 2 fully saturated rings. The first-order valence-electron chi connectivity index (χ1n) is 7.42. The van der Waals surface area contributed by atoms with Crippen LogP contribution in [0.1, 0.15) is 39.0 Å². The molecule has 0 unspecified atom stereocenters. The Balaban J connectivity index is 1.65. The van der Waals surface area contributed by atoms with Crippen LogP contribution in [0.2, 0.25) is 0 Å². The number of hydrogen-bond donors (Lipinski definition) is 1. The Morgan fingerprint density at radius 3 is 2.59 bits per heavy atom. The summed E-state index contributed by atoms with van der Waals surface area (Å²) in [6, 6.07) is 0.909. The van der Waals surface area contributed by atoms with Gasteiger partial charge in [-0.05, 0) is 58.0 Å². The lowest BCUT2D eigenvalue weighted by atomic mass is 9.97. The second-order valence-corrected chi connectivity index (χ2v) is 5.47. The molecule has 2 aliphatic rings. The van der Waals surface area contributed by atoms with Crippen molar-refractivity contribution in [1.29, 1.82) is 0 Å². The maximum Gasteiger partial charge on any atom is 0.0478 e. The molecule has 0 amide bonds. The lowest BCUT2D eigenvalue weighted by molar-refractivity contribution is 0.123. The molecule has 2 rings (SSSR count). The van der Waals surface area contributed by atoms with E-state index in [1.807, 2.05) is 0 Å². The zero-order valence-electron chi connectivity index (χ0n) is 11.3. The third kappa shape index (κ3) is 4.94.